The van der Waals surface area contributed by atoms with Gasteiger partial charge in [0.1, 0.15) is 10.7 Å². The van der Waals surface area contributed by atoms with Crippen LogP contribution in [0.15, 0.2) is 35.2 Å². The molecule has 1 aromatic carbocycles. The van der Waals surface area contributed by atoms with Crippen molar-refractivity contribution in [2.75, 3.05) is 5.73 Å². The minimum absolute atomic E-state index is 0.194. The molecule has 0 unspecified atom stereocenters. The molecule has 92 valence electrons. The lowest BCUT2D eigenvalue weighted by molar-refractivity contribution is 0.540. The molecule has 0 aromatic heterocycles. The van der Waals surface area contributed by atoms with Crippen molar-refractivity contribution in [3.05, 3.63) is 36.2 Å². The van der Waals surface area contributed by atoms with Gasteiger partial charge in [0.25, 0.3) is 0 Å². The summed E-state index contributed by atoms with van der Waals surface area (Å²) < 4.78 is 39.8. The Kier molecular flexibility index (Phi) is 3.17. The van der Waals surface area contributed by atoms with Crippen molar-refractivity contribution in [2.24, 2.45) is 0 Å². The molecule has 0 fully saturated rings. The van der Waals surface area contributed by atoms with Gasteiger partial charge in [0.15, 0.2) is 0 Å². The molecule has 0 saturated heterocycles. The summed E-state index contributed by atoms with van der Waals surface area (Å²) in [5, 5.41) is 0. The van der Waals surface area contributed by atoms with E-state index in [1.54, 1.807) is 0 Å². The number of benzene rings is 1. The number of anilines is 1. The highest BCUT2D eigenvalue weighted by molar-refractivity contribution is 7.89. The van der Waals surface area contributed by atoms with Crippen molar-refractivity contribution in [2.45, 2.75) is 23.8 Å². The Bertz CT molecular complexity index is 547. The molecule has 0 bridgehead atoms. The molecule has 2 rings (SSSR count). The second-order valence-corrected chi connectivity index (χ2v) is 5.63. The predicted octanol–water partition coefficient (Wildman–Crippen LogP) is 1.40. The van der Waals surface area contributed by atoms with Gasteiger partial charge in [-0.1, -0.05) is 12.2 Å². The summed E-state index contributed by atoms with van der Waals surface area (Å²) in [4.78, 5) is -0.399. The van der Waals surface area contributed by atoms with Crippen LogP contribution in [-0.2, 0) is 10.0 Å². The first-order chi connectivity index (χ1) is 7.99. The Labute approximate surface area is 99.4 Å². The smallest absolute Gasteiger partial charge is 0.243 e. The van der Waals surface area contributed by atoms with Gasteiger partial charge >= 0.3 is 0 Å². The Balaban J connectivity index is 2.27. The maximum atomic E-state index is 13.4. The van der Waals surface area contributed by atoms with Crippen molar-refractivity contribution in [1.82, 2.24) is 4.72 Å². The van der Waals surface area contributed by atoms with Crippen LogP contribution < -0.4 is 10.5 Å². The van der Waals surface area contributed by atoms with Gasteiger partial charge in [0.2, 0.25) is 10.0 Å². The number of nitrogen functional groups attached to an aromatic ring is 1. The molecule has 0 aliphatic heterocycles. The van der Waals surface area contributed by atoms with Crippen LogP contribution in [0.2, 0.25) is 0 Å². The van der Waals surface area contributed by atoms with Gasteiger partial charge in [-0.05, 0) is 31.0 Å². The van der Waals surface area contributed by atoms with Crippen molar-refractivity contribution >= 4 is 15.7 Å². The van der Waals surface area contributed by atoms with E-state index in [0.29, 0.717) is 12.8 Å². The molecule has 1 aliphatic rings. The van der Waals surface area contributed by atoms with Crippen LogP contribution in [0.25, 0.3) is 0 Å². The normalized spacial score (nSPS) is 16.5. The summed E-state index contributed by atoms with van der Waals surface area (Å²) in [6.45, 7) is 0. The van der Waals surface area contributed by atoms with Gasteiger partial charge in [-0.3, -0.25) is 0 Å². The average molecular weight is 256 g/mol. The molecule has 0 amide bonds. The summed E-state index contributed by atoms with van der Waals surface area (Å²) in [6, 6.07) is 3.31. The molecule has 0 atom stereocenters. The lowest BCUT2D eigenvalue weighted by Gasteiger charge is -2.13. The van der Waals surface area contributed by atoms with Gasteiger partial charge in [0.05, 0.1) is 0 Å². The second-order valence-electron chi connectivity index (χ2n) is 3.95. The van der Waals surface area contributed by atoms with Crippen LogP contribution in [-0.4, -0.2) is 14.5 Å². The molecule has 6 heteroatoms. The quantitative estimate of drug-likeness (QED) is 0.634. The molecule has 0 spiro atoms. The van der Waals surface area contributed by atoms with E-state index >= 15 is 0 Å². The Morgan fingerprint density at radius 1 is 1.29 bits per heavy atom. The van der Waals surface area contributed by atoms with E-state index in [4.69, 9.17) is 5.73 Å². The Hall–Kier alpha value is -1.40. The number of hydrogen-bond acceptors (Lipinski definition) is 3. The highest BCUT2D eigenvalue weighted by Gasteiger charge is 2.23. The first-order valence-electron chi connectivity index (χ1n) is 5.21. The van der Waals surface area contributed by atoms with Crippen LogP contribution in [0.3, 0.4) is 0 Å². The number of nitrogens with one attached hydrogen (secondary N) is 1. The number of hydrogen-bond donors (Lipinski definition) is 2. The van der Waals surface area contributed by atoms with Crippen molar-refractivity contribution in [3.63, 3.8) is 0 Å². The van der Waals surface area contributed by atoms with E-state index in [9.17, 15) is 12.8 Å². The largest absolute Gasteiger partial charge is 0.399 e. The van der Waals surface area contributed by atoms with Gasteiger partial charge in [0, 0.05) is 11.7 Å². The third-order valence-electron chi connectivity index (χ3n) is 2.57. The minimum atomic E-state index is -3.84. The summed E-state index contributed by atoms with van der Waals surface area (Å²) in [6.07, 6.45) is 5.04. The van der Waals surface area contributed by atoms with Gasteiger partial charge in [-0.15, -0.1) is 0 Å². The molecule has 3 N–H and O–H groups in total. The maximum absolute atomic E-state index is 13.4. The summed E-state index contributed by atoms with van der Waals surface area (Å²) in [5.74, 6) is -0.794. The molecule has 17 heavy (non-hydrogen) atoms. The molecule has 1 aromatic rings. The van der Waals surface area contributed by atoms with Crippen molar-refractivity contribution in [3.8, 4) is 0 Å². The van der Waals surface area contributed by atoms with Gasteiger partial charge < -0.3 is 5.73 Å². The first kappa shape index (κ1) is 12.1. The molecule has 0 heterocycles. The predicted molar refractivity (Wildman–Crippen MR) is 63.3 cm³/mol. The van der Waals surface area contributed by atoms with E-state index in [2.05, 4.69) is 4.72 Å². The van der Waals surface area contributed by atoms with Crippen LogP contribution >= 0.6 is 0 Å². The number of rotatable bonds is 3. The van der Waals surface area contributed by atoms with E-state index in [-0.39, 0.29) is 11.7 Å². The zero-order valence-corrected chi connectivity index (χ0v) is 9.87. The SMILES string of the molecule is Nc1ccc(F)c(S(=O)(=O)NC2CC=CC2)c1. The standard InChI is InChI=1S/C11H13FN2O2S/c12-10-6-5-8(13)7-11(10)17(15,16)14-9-3-1-2-4-9/h1-2,5-7,9,14H,3-4,13H2. The molecule has 4 nitrogen and oxygen atoms in total. The topological polar surface area (TPSA) is 72.2 Å². The first-order valence-corrected chi connectivity index (χ1v) is 6.70. The van der Waals surface area contributed by atoms with Gasteiger partial charge in [-0.25, -0.2) is 17.5 Å². The van der Waals surface area contributed by atoms with Crippen LogP contribution in [0.5, 0.6) is 0 Å². The number of sulfonamides is 1. The Morgan fingerprint density at radius 2 is 1.94 bits per heavy atom. The summed E-state index contributed by atoms with van der Waals surface area (Å²) in [5.41, 5.74) is 5.68. The summed E-state index contributed by atoms with van der Waals surface area (Å²) in [7, 11) is -3.84. The highest BCUT2D eigenvalue weighted by atomic mass is 32.2. The molecular formula is C11H13FN2O2S. The van der Waals surface area contributed by atoms with E-state index in [0.717, 1.165) is 12.1 Å². The van der Waals surface area contributed by atoms with E-state index in [1.807, 2.05) is 12.2 Å². The van der Waals surface area contributed by atoms with E-state index < -0.39 is 20.7 Å². The average Bonchev–Trinajstić information content (AvgIpc) is 2.73. The zero-order chi connectivity index (χ0) is 12.5. The second kappa shape index (κ2) is 4.46. The highest BCUT2D eigenvalue weighted by Crippen LogP contribution is 2.19. The lowest BCUT2D eigenvalue weighted by Crippen LogP contribution is -2.33. The molecule has 0 saturated carbocycles. The Morgan fingerprint density at radius 3 is 2.59 bits per heavy atom. The fourth-order valence-corrected chi connectivity index (χ4v) is 3.10. The van der Waals surface area contributed by atoms with Crippen molar-refractivity contribution in [1.29, 1.82) is 0 Å². The zero-order valence-electron chi connectivity index (χ0n) is 9.06. The molecule has 0 radical (unpaired) electrons. The maximum Gasteiger partial charge on any atom is 0.243 e. The molecular weight excluding hydrogens is 243 g/mol. The monoisotopic (exact) mass is 256 g/mol. The van der Waals surface area contributed by atoms with Crippen LogP contribution in [0, 0.1) is 5.82 Å². The third kappa shape index (κ3) is 2.65. The van der Waals surface area contributed by atoms with Crippen LogP contribution in [0.1, 0.15) is 12.8 Å². The fraction of sp³-hybridized carbons (Fsp3) is 0.273. The van der Waals surface area contributed by atoms with Crippen LogP contribution in [0.4, 0.5) is 10.1 Å². The summed E-state index contributed by atoms with van der Waals surface area (Å²) >= 11 is 0. The molecule has 1 aliphatic carbocycles. The minimum Gasteiger partial charge on any atom is -0.399 e. The lowest BCUT2D eigenvalue weighted by atomic mass is 10.3. The third-order valence-corrected chi connectivity index (χ3v) is 4.11. The van der Waals surface area contributed by atoms with Gasteiger partial charge in [-0.2, -0.15) is 0 Å². The van der Waals surface area contributed by atoms with Crippen molar-refractivity contribution < 1.29 is 12.8 Å². The number of nitrogens with two attached hydrogens (primary N) is 1. The number of halogens is 1. The van der Waals surface area contributed by atoms with E-state index in [1.165, 1.54) is 6.07 Å². The fourth-order valence-electron chi connectivity index (χ4n) is 1.72.